The molecule has 0 radical (unpaired) electrons. The average molecular weight is 430 g/mol. The Morgan fingerprint density at radius 1 is 1.20 bits per heavy atom. The lowest BCUT2D eigenvalue weighted by molar-refractivity contribution is 0.0949. The van der Waals surface area contributed by atoms with Crippen molar-refractivity contribution >= 4 is 17.5 Å². The number of carbonyl (C=O) groups excluding carboxylic acids is 1. The molecule has 0 atom stereocenters. The van der Waals surface area contributed by atoms with Crippen molar-refractivity contribution in [2.24, 2.45) is 0 Å². The third-order valence-corrected chi connectivity index (χ3v) is 4.88. The van der Waals surface area contributed by atoms with Crippen molar-refractivity contribution in [3.63, 3.8) is 0 Å². The molecule has 0 unspecified atom stereocenters. The molecule has 0 aliphatic carbocycles. The summed E-state index contributed by atoms with van der Waals surface area (Å²) in [6.07, 6.45) is 1.56. The number of phenols is 1. The first kappa shape index (κ1) is 21.5. The zero-order chi connectivity index (χ0) is 21.8. The Hall–Kier alpha value is -3.19. The number of nitrogens with zero attached hydrogens (tertiary/aromatic N) is 2. The summed E-state index contributed by atoms with van der Waals surface area (Å²) in [5.41, 5.74) is 2.79. The number of phenolic OH excluding ortho intramolecular Hbond substituents is 1. The molecular formula is C22H24ClN3O4. The van der Waals surface area contributed by atoms with Crippen LogP contribution >= 0.6 is 11.6 Å². The summed E-state index contributed by atoms with van der Waals surface area (Å²) in [6.45, 7) is 4.24. The minimum Gasteiger partial charge on any atom is -0.502 e. The Bertz CT molecular complexity index is 1040. The van der Waals surface area contributed by atoms with Crippen molar-refractivity contribution in [2.75, 3.05) is 14.2 Å². The van der Waals surface area contributed by atoms with Crippen molar-refractivity contribution < 1.29 is 19.4 Å². The van der Waals surface area contributed by atoms with Crippen LogP contribution in [0.3, 0.4) is 0 Å². The number of carbonyl (C=O) groups is 1. The first-order valence-corrected chi connectivity index (χ1v) is 9.79. The molecule has 1 amide bonds. The third kappa shape index (κ3) is 4.36. The molecule has 0 saturated heterocycles. The fraction of sp³-hybridized carbons (Fsp3) is 0.273. The Kier molecular flexibility index (Phi) is 6.52. The predicted octanol–water partition coefficient (Wildman–Crippen LogP) is 4.30. The maximum absolute atomic E-state index is 12.9. The molecule has 2 aromatic carbocycles. The van der Waals surface area contributed by atoms with E-state index in [1.807, 2.05) is 26.0 Å². The fourth-order valence-electron chi connectivity index (χ4n) is 3.23. The zero-order valence-corrected chi connectivity index (χ0v) is 18.0. The Morgan fingerprint density at radius 2 is 1.87 bits per heavy atom. The summed E-state index contributed by atoms with van der Waals surface area (Å²) >= 11 is 6.12. The zero-order valence-electron chi connectivity index (χ0n) is 17.3. The van der Waals surface area contributed by atoms with Gasteiger partial charge in [-0.05, 0) is 41.8 Å². The first-order chi connectivity index (χ1) is 14.3. The molecule has 1 heterocycles. The van der Waals surface area contributed by atoms with Crippen molar-refractivity contribution in [1.82, 2.24) is 15.1 Å². The number of aromatic nitrogens is 2. The van der Waals surface area contributed by atoms with E-state index in [-0.39, 0.29) is 35.6 Å². The maximum atomic E-state index is 12.9. The van der Waals surface area contributed by atoms with Gasteiger partial charge >= 0.3 is 0 Å². The van der Waals surface area contributed by atoms with Crippen LogP contribution in [-0.2, 0) is 6.54 Å². The Balaban J connectivity index is 1.86. The number of benzene rings is 2. The highest BCUT2D eigenvalue weighted by Gasteiger charge is 2.21. The van der Waals surface area contributed by atoms with E-state index >= 15 is 0 Å². The van der Waals surface area contributed by atoms with Crippen LogP contribution in [0.2, 0.25) is 5.02 Å². The van der Waals surface area contributed by atoms with Crippen LogP contribution in [0.4, 0.5) is 0 Å². The van der Waals surface area contributed by atoms with E-state index < -0.39 is 0 Å². The van der Waals surface area contributed by atoms with Gasteiger partial charge in [-0.1, -0.05) is 31.5 Å². The number of amides is 1. The Labute approximate surface area is 180 Å². The van der Waals surface area contributed by atoms with E-state index in [1.54, 1.807) is 35.1 Å². The topological polar surface area (TPSA) is 85.6 Å². The lowest BCUT2D eigenvalue weighted by Gasteiger charge is -2.14. The lowest BCUT2D eigenvalue weighted by atomic mass is 10.0. The van der Waals surface area contributed by atoms with Crippen LogP contribution in [0.25, 0.3) is 5.69 Å². The summed E-state index contributed by atoms with van der Waals surface area (Å²) < 4.78 is 12.1. The smallest absolute Gasteiger partial charge is 0.255 e. The highest BCUT2D eigenvalue weighted by Crippen LogP contribution is 2.37. The van der Waals surface area contributed by atoms with Gasteiger partial charge in [-0.25, -0.2) is 4.68 Å². The van der Waals surface area contributed by atoms with Gasteiger partial charge in [0, 0.05) is 11.6 Å². The quantitative estimate of drug-likeness (QED) is 0.584. The molecule has 2 N–H and O–H groups in total. The molecule has 8 heteroatoms. The molecular weight excluding hydrogens is 406 g/mol. The van der Waals surface area contributed by atoms with Crippen molar-refractivity contribution in [2.45, 2.75) is 26.3 Å². The van der Waals surface area contributed by atoms with Gasteiger partial charge in [-0.3, -0.25) is 4.79 Å². The number of ether oxygens (including phenoxy) is 2. The van der Waals surface area contributed by atoms with Gasteiger partial charge in [0.2, 0.25) is 5.75 Å². The minimum atomic E-state index is -0.252. The maximum Gasteiger partial charge on any atom is 0.255 e. The molecule has 7 nitrogen and oxygen atoms in total. The van der Waals surface area contributed by atoms with E-state index in [2.05, 4.69) is 10.4 Å². The van der Waals surface area contributed by atoms with Crippen LogP contribution in [0.1, 0.15) is 41.4 Å². The Morgan fingerprint density at radius 3 is 2.43 bits per heavy atom. The van der Waals surface area contributed by atoms with E-state index in [4.69, 9.17) is 21.1 Å². The minimum absolute atomic E-state index is 0.0566. The number of halogens is 1. The molecule has 158 valence electrons. The van der Waals surface area contributed by atoms with E-state index in [1.165, 1.54) is 14.2 Å². The molecule has 30 heavy (non-hydrogen) atoms. The standard InChI is InChI=1S/C22H24ClN3O4/c1-13(2)20-17(12-25-26(20)16-7-5-6-15(23)10-16)22(28)24-11-14-8-18(29-3)21(27)19(9-14)30-4/h5-10,12-13,27H,11H2,1-4H3,(H,24,28). The first-order valence-electron chi connectivity index (χ1n) is 9.41. The molecule has 0 aliphatic rings. The van der Waals surface area contributed by atoms with E-state index in [9.17, 15) is 9.90 Å². The second-order valence-electron chi connectivity index (χ2n) is 7.02. The summed E-state index contributed by atoms with van der Waals surface area (Å²) in [7, 11) is 2.91. The summed E-state index contributed by atoms with van der Waals surface area (Å²) in [5.74, 6) is 0.268. The van der Waals surface area contributed by atoms with Gasteiger partial charge in [-0.15, -0.1) is 0 Å². The molecule has 0 saturated carbocycles. The van der Waals surface area contributed by atoms with E-state index in [0.717, 1.165) is 16.9 Å². The molecule has 0 spiro atoms. The number of methoxy groups -OCH3 is 2. The van der Waals surface area contributed by atoms with E-state index in [0.29, 0.717) is 10.6 Å². The predicted molar refractivity (Wildman–Crippen MR) is 115 cm³/mol. The van der Waals surface area contributed by atoms with Gasteiger partial charge in [0.15, 0.2) is 11.5 Å². The van der Waals surface area contributed by atoms with Gasteiger partial charge in [0.1, 0.15) is 0 Å². The molecule has 3 aromatic rings. The summed E-state index contributed by atoms with van der Waals surface area (Å²) in [5, 5.41) is 17.9. The summed E-state index contributed by atoms with van der Waals surface area (Å²) in [4.78, 5) is 12.9. The van der Waals surface area contributed by atoms with Gasteiger partial charge in [0.05, 0.1) is 37.4 Å². The van der Waals surface area contributed by atoms with Gasteiger partial charge in [-0.2, -0.15) is 5.10 Å². The second kappa shape index (κ2) is 9.09. The number of nitrogens with one attached hydrogen (secondary N) is 1. The molecule has 3 rings (SSSR count). The van der Waals surface area contributed by atoms with Crippen molar-refractivity contribution in [3.05, 3.63) is 64.4 Å². The van der Waals surface area contributed by atoms with Crippen molar-refractivity contribution in [1.29, 1.82) is 0 Å². The highest BCUT2D eigenvalue weighted by atomic mass is 35.5. The monoisotopic (exact) mass is 429 g/mol. The van der Waals surface area contributed by atoms with Crippen LogP contribution in [0.5, 0.6) is 17.2 Å². The largest absolute Gasteiger partial charge is 0.502 e. The number of aromatic hydroxyl groups is 1. The third-order valence-electron chi connectivity index (χ3n) is 4.64. The molecule has 1 aromatic heterocycles. The lowest BCUT2D eigenvalue weighted by Crippen LogP contribution is -2.24. The van der Waals surface area contributed by atoms with Crippen LogP contribution in [0, 0.1) is 0 Å². The fourth-order valence-corrected chi connectivity index (χ4v) is 3.41. The molecule has 0 fully saturated rings. The molecule has 0 aliphatic heterocycles. The normalized spacial score (nSPS) is 10.9. The summed E-state index contributed by atoms with van der Waals surface area (Å²) in [6, 6.07) is 10.6. The van der Waals surface area contributed by atoms with Crippen LogP contribution in [-0.4, -0.2) is 35.0 Å². The van der Waals surface area contributed by atoms with Crippen LogP contribution in [0.15, 0.2) is 42.6 Å². The average Bonchev–Trinajstić information content (AvgIpc) is 3.18. The highest BCUT2D eigenvalue weighted by molar-refractivity contribution is 6.30. The number of hydrogen-bond acceptors (Lipinski definition) is 5. The SMILES string of the molecule is COc1cc(CNC(=O)c2cnn(-c3cccc(Cl)c3)c2C(C)C)cc(OC)c1O. The van der Waals surface area contributed by atoms with Gasteiger partial charge in [0.25, 0.3) is 5.91 Å². The van der Waals surface area contributed by atoms with Crippen molar-refractivity contribution in [3.8, 4) is 22.9 Å². The van der Waals surface area contributed by atoms with Gasteiger partial charge < -0.3 is 19.9 Å². The number of rotatable bonds is 7. The molecule has 0 bridgehead atoms. The second-order valence-corrected chi connectivity index (χ2v) is 7.46. The van der Waals surface area contributed by atoms with Crippen LogP contribution < -0.4 is 14.8 Å². The number of hydrogen-bond donors (Lipinski definition) is 2.